The van der Waals surface area contributed by atoms with Crippen molar-refractivity contribution in [2.45, 2.75) is 12.6 Å². The predicted octanol–water partition coefficient (Wildman–Crippen LogP) is 6.40. The molecular formula is C30H19F2NO4. The number of hydrogen-bond donors (Lipinski definition) is 0. The van der Waals surface area contributed by atoms with E-state index in [2.05, 4.69) is 0 Å². The molecule has 0 aliphatic carbocycles. The molecule has 1 unspecified atom stereocenters. The molecule has 37 heavy (non-hydrogen) atoms. The van der Waals surface area contributed by atoms with Gasteiger partial charge in [0.15, 0.2) is 5.43 Å². The molecule has 1 aliphatic rings. The Balaban J connectivity index is 1.50. The molecule has 1 aliphatic heterocycles. The number of ether oxygens (including phenoxy) is 1. The summed E-state index contributed by atoms with van der Waals surface area (Å²) in [6.45, 7) is 0.332. The maximum atomic E-state index is 14.0. The predicted molar refractivity (Wildman–Crippen MR) is 135 cm³/mol. The van der Waals surface area contributed by atoms with Gasteiger partial charge in [0.1, 0.15) is 29.6 Å². The van der Waals surface area contributed by atoms with Crippen molar-refractivity contribution >= 4 is 22.6 Å². The Hall–Kier alpha value is -4.78. The summed E-state index contributed by atoms with van der Waals surface area (Å²) in [5, 5.41) is 0.0361. The Morgan fingerprint density at radius 1 is 0.811 bits per heavy atom. The summed E-state index contributed by atoms with van der Waals surface area (Å²) in [6, 6.07) is 24.8. The van der Waals surface area contributed by atoms with Gasteiger partial charge in [-0.25, -0.2) is 8.78 Å². The SMILES string of the molecule is O=C1c2oc3ccc(F)cc3c(=O)c2C(c2cccc(OCc3ccccc3)c2)N1c1ccc(F)cc1. The first kappa shape index (κ1) is 22.7. The van der Waals surface area contributed by atoms with E-state index in [0.29, 0.717) is 23.6 Å². The average Bonchev–Trinajstić information content (AvgIpc) is 3.21. The summed E-state index contributed by atoms with van der Waals surface area (Å²) in [4.78, 5) is 28.6. The second-order valence-corrected chi connectivity index (χ2v) is 8.72. The lowest BCUT2D eigenvalue weighted by atomic mass is 9.98. The van der Waals surface area contributed by atoms with Gasteiger partial charge in [0, 0.05) is 5.69 Å². The van der Waals surface area contributed by atoms with Crippen LogP contribution >= 0.6 is 0 Å². The van der Waals surface area contributed by atoms with Gasteiger partial charge in [-0.2, -0.15) is 0 Å². The average molecular weight is 495 g/mol. The first-order valence-electron chi connectivity index (χ1n) is 11.6. The van der Waals surface area contributed by atoms with Crippen LogP contribution < -0.4 is 15.1 Å². The van der Waals surface area contributed by atoms with Crippen molar-refractivity contribution in [1.82, 2.24) is 0 Å². The van der Waals surface area contributed by atoms with Crippen molar-refractivity contribution in [2.75, 3.05) is 4.90 Å². The van der Waals surface area contributed by atoms with Crippen molar-refractivity contribution < 1.29 is 22.7 Å². The van der Waals surface area contributed by atoms with Crippen molar-refractivity contribution in [1.29, 1.82) is 0 Å². The van der Waals surface area contributed by atoms with Crippen LogP contribution in [0.5, 0.6) is 5.75 Å². The molecular weight excluding hydrogens is 476 g/mol. The lowest BCUT2D eigenvalue weighted by molar-refractivity contribution is 0.0971. The van der Waals surface area contributed by atoms with Gasteiger partial charge in [-0.15, -0.1) is 0 Å². The van der Waals surface area contributed by atoms with Gasteiger partial charge >= 0.3 is 0 Å². The fraction of sp³-hybridized carbons (Fsp3) is 0.0667. The number of benzene rings is 4. The molecule has 1 aromatic heterocycles. The summed E-state index contributed by atoms with van der Waals surface area (Å²) < 4.78 is 39.5. The van der Waals surface area contributed by atoms with Crippen molar-refractivity contribution in [3.05, 3.63) is 141 Å². The van der Waals surface area contributed by atoms with Gasteiger partial charge < -0.3 is 9.15 Å². The molecule has 1 atom stereocenters. The molecule has 0 radical (unpaired) electrons. The Morgan fingerprint density at radius 3 is 2.35 bits per heavy atom. The highest BCUT2D eigenvalue weighted by Crippen LogP contribution is 2.42. The van der Waals surface area contributed by atoms with E-state index in [-0.39, 0.29) is 22.3 Å². The highest BCUT2D eigenvalue weighted by atomic mass is 19.1. The van der Waals surface area contributed by atoms with Gasteiger partial charge in [0.05, 0.1) is 17.0 Å². The minimum atomic E-state index is -0.892. The molecule has 182 valence electrons. The van der Waals surface area contributed by atoms with Gasteiger partial charge in [0.25, 0.3) is 5.91 Å². The fourth-order valence-electron chi connectivity index (χ4n) is 4.64. The van der Waals surface area contributed by atoms with Crippen LogP contribution in [0.15, 0.2) is 106 Å². The van der Waals surface area contributed by atoms with E-state index in [1.165, 1.54) is 41.3 Å². The minimum absolute atomic E-state index is 0.0361. The van der Waals surface area contributed by atoms with Crippen LogP contribution in [0.2, 0.25) is 0 Å². The molecule has 5 nitrogen and oxygen atoms in total. The summed E-state index contributed by atoms with van der Waals surface area (Å²) in [5.74, 6) is -1.19. The number of hydrogen-bond acceptors (Lipinski definition) is 4. The highest BCUT2D eigenvalue weighted by Gasteiger charge is 2.43. The number of nitrogens with zero attached hydrogens (tertiary/aromatic N) is 1. The molecule has 4 aromatic carbocycles. The second-order valence-electron chi connectivity index (χ2n) is 8.72. The van der Waals surface area contributed by atoms with E-state index < -0.39 is 29.0 Å². The van der Waals surface area contributed by atoms with Crippen LogP contribution in [-0.2, 0) is 6.61 Å². The first-order valence-corrected chi connectivity index (χ1v) is 11.6. The second kappa shape index (κ2) is 9.02. The van der Waals surface area contributed by atoms with Gasteiger partial charge in [-0.05, 0) is 65.7 Å². The van der Waals surface area contributed by atoms with Crippen LogP contribution in [0.25, 0.3) is 11.0 Å². The monoisotopic (exact) mass is 495 g/mol. The fourth-order valence-corrected chi connectivity index (χ4v) is 4.64. The molecule has 0 bridgehead atoms. The number of fused-ring (bicyclic) bond motifs is 2. The first-order chi connectivity index (χ1) is 18.0. The maximum absolute atomic E-state index is 14.0. The van der Waals surface area contributed by atoms with E-state index in [0.717, 1.165) is 11.6 Å². The van der Waals surface area contributed by atoms with Crippen LogP contribution in [0.4, 0.5) is 14.5 Å². The van der Waals surface area contributed by atoms with E-state index in [4.69, 9.17) is 9.15 Å². The van der Waals surface area contributed by atoms with E-state index in [9.17, 15) is 18.4 Å². The normalized spacial score (nSPS) is 14.7. The standard InChI is InChI=1S/C30H19F2NO4/c31-20-9-12-22(13-10-20)33-27(19-7-4-8-23(15-19)36-17-18-5-2-1-3-6-18)26-28(34)24-16-21(32)11-14-25(24)37-29(26)30(33)35/h1-16,27H,17H2. The molecule has 0 saturated heterocycles. The third kappa shape index (κ3) is 4.04. The number of carbonyl (C=O) groups excluding carboxylic acids is 1. The number of halogens is 2. The van der Waals surface area contributed by atoms with Crippen LogP contribution in [-0.4, -0.2) is 5.91 Å². The third-order valence-corrected chi connectivity index (χ3v) is 6.36. The summed E-state index contributed by atoms with van der Waals surface area (Å²) >= 11 is 0. The number of amides is 1. The van der Waals surface area contributed by atoms with Gasteiger partial charge in [-0.1, -0.05) is 42.5 Å². The van der Waals surface area contributed by atoms with Gasteiger partial charge in [-0.3, -0.25) is 14.5 Å². The zero-order valence-electron chi connectivity index (χ0n) is 19.4. The lowest BCUT2D eigenvalue weighted by Gasteiger charge is -2.25. The molecule has 5 aromatic rings. The van der Waals surface area contributed by atoms with Crippen molar-refractivity contribution in [3.8, 4) is 5.75 Å². The molecule has 0 N–H and O–H groups in total. The molecule has 0 spiro atoms. The third-order valence-electron chi connectivity index (χ3n) is 6.36. The molecule has 0 fully saturated rings. The maximum Gasteiger partial charge on any atom is 0.295 e. The van der Waals surface area contributed by atoms with E-state index in [1.54, 1.807) is 24.3 Å². The lowest BCUT2D eigenvalue weighted by Crippen LogP contribution is -2.29. The quantitative estimate of drug-likeness (QED) is 0.283. The van der Waals surface area contributed by atoms with Crippen molar-refractivity contribution in [3.63, 3.8) is 0 Å². The summed E-state index contributed by atoms with van der Waals surface area (Å²) in [6.07, 6.45) is 0. The number of anilines is 1. The Bertz CT molecular complexity index is 1700. The van der Waals surface area contributed by atoms with Crippen LogP contribution in [0, 0.1) is 11.6 Å². The molecule has 2 heterocycles. The van der Waals surface area contributed by atoms with Crippen molar-refractivity contribution in [2.24, 2.45) is 0 Å². The molecule has 1 amide bonds. The largest absolute Gasteiger partial charge is 0.489 e. The van der Waals surface area contributed by atoms with Crippen LogP contribution in [0.1, 0.15) is 33.3 Å². The molecule has 6 rings (SSSR count). The number of rotatable bonds is 5. The summed E-state index contributed by atoms with van der Waals surface area (Å²) in [5.41, 5.74) is 1.65. The van der Waals surface area contributed by atoms with Gasteiger partial charge in [0.2, 0.25) is 5.76 Å². The molecule has 7 heteroatoms. The van der Waals surface area contributed by atoms with E-state index in [1.807, 2.05) is 30.3 Å². The zero-order valence-corrected chi connectivity index (χ0v) is 19.4. The Labute approximate surface area is 210 Å². The molecule has 0 saturated carbocycles. The Morgan fingerprint density at radius 2 is 1.57 bits per heavy atom. The Kier molecular flexibility index (Phi) is 5.53. The summed E-state index contributed by atoms with van der Waals surface area (Å²) in [7, 11) is 0. The van der Waals surface area contributed by atoms with Crippen LogP contribution in [0.3, 0.4) is 0 Å². The highest BCUT2D eigenvalue weighted by molar-refractivity contribution is 6.10. The topological polar surface area (TPSA) is 59.8 Å². The number of carbonyl (C=O) groups is 1. The smallest absolute Gasteiger partial charge is 0.295 e. The minimum Gasteiger partial charge on any atom is -0.489 e. The zero-order chi connectivity index (χ0) is 25.5. The van der Waals surface area contributed by atoms with E-state index >= 15 is 0 Å².